The van der Waals surface area contributed by atoms with E-state index < -0.39 is 17.6 Å². The molecule has 0 aliphatic carbocycles. The summed E-state index contributed by atoms with van der Waals surface area (Å²) < 4.78 is 9.27. The Morgan fingerprint density at radius 1 is 1.54 bits per heavy atom. The summed E-state index contributed by atoms with van der Waals surface area (Å²) in [4.78, 5) is 14.5. The van der Waals surface area contributed by atoms with Crippen molar-refractivity contribution < 1.29 is 19.1 Å². The Hall–Kier alpha value is -1.52. The van der Waals surface area contributed by atoms with Crippen molar-refractivity contribution in [1.29, 1.82) is 0 Å². The molecule has 0 saturated carbocycles. The van der Waals surface area contributed by atoms with Gasteiger partial charge >= 0.3 is 12.0 Å². The highest BCUT2D eigenvalue weighted by molar-refractivity contribution is 5.87. The standard InChI is InChI=1S/C8H10NO4/c1-8(2,3)13-6(10)5-4-12-7(11)9-5/h4H,1-3H3. The zero-order valence-corrected chi connectivity index (χ0v) is 7.66. The zero-order chi connectivity index (χ0) is 10.1. The molecule has 0 saturated heterocycles. The lowest BCUT2D eigenvalue weighted by atomic mass is 10.2. The third kappa shape index (κ3) is 2.77. The number of ether oxygens (including phenoxy) is 1. The lowest BCUT2D eigenvalue weighted by Gasteiger charge is -2.18. The van der Waals surface area contributed by atoms with E-state index in [4.69, 9.17) is 4.74 Å². The first-order chi connectivity index (χ1) is 5.88. The number of carbonyl (C=O) groups excluding carboxylic acids is 1. The lowest BCUT2D eigenvalue weighted by molar-refractivity contribution is 0.00624. The predicted molar refractivity (Wildman–Crippen MR) is 41.8 cm³/mol. The first-order valence-corrected chi connectivity index (χ1v) is 3.74. The Bertz CT molecular complexity index is 310. The summed E-state index contributed by atoms with van der Waals surface area (Å²) in [6.45, 7) is 5.18. The van der Waals surface area contributed by atoms with E-state index in [1.54, 1.807) is 20.8 Å². The van der Waals surface area contributed by atoms with Crippen LogP contribution >= 0.6 is 0 Å². The fourth-order valence-corrected chi connectivity index (χ4v) is 0.681. The maximum Gasteiger partial charge on any atom is 0.439 e. The van der Waals surface area contributed by atoms with Gasteiger partial charge in [-0.15, -0.1) is 0 Å². The molecule has 5 heteroatoms. The molecule has 13 heavy (non-hydrogen) atoms. The highest BCUT2D eigenvalue weighted by atomic mass is 16.6. The molecule has 0 aliphatic heterocycles. The third-order valence-corrected chi connectivity index (χ3v) is 1.09. The van der Waals surface area contributed by atoms with Crippen molar-refractivity contribution in [2.45, 2.75) is 26.4 Å². The van der Waals surface area contributed by atoms with Crippen molar-refractivity contribution >= 4 is 5.97 Å². The van der Waals surface area contributed by atoms with Crippen molar-refractivity contribution in [1.82, 2.24) is 4.98 Å². The van der Waals surface area contributed by atoms with Crippen LogP contribution in [0.4, 0.5) is 0 Å². The second-order valence-electron chi connectivity index (χ2n) is 3.50. The molecule has 0 unspecified atom stereocenters. The minimum atomic E-state index is -0.791. The summed E-state index contributed by atoms with van der Waals surface area (Å²) in [6.07, 6.45) is 0.192. The lowest BCUT2D eigenvalue weighted by Crippen LogP contribution is -2.24. The van der Waals surface area contributed by atoms with E-state index in [-0.39, 0.29) is 5.69 Å². The second-order valence-corrected chi connectivity index (χ2v) is 3.50. The summed E-state index contributed by atoms with van der Waals surface area (Å²) in [5.41, 5.74) is -0.695. The van der Waals surface area contributed by atoms with Crippen LogP contribution in [0.2, 0.25) is 0 Å². The van der Waals surface area contributed by atoms with Crippen molar-refractivity contribution in [3.63, 3.8) is 0 Å². The van der Waals surface area contributed by atoms with E-state index >= 15 is 0 Å². The van der Waals surface area contributed by atoms with E-state index in [1.165, 1.54) is 0 Å². The van der Waals surface area contributed by atoms with Crippen molar-refractivity contribution in [3.8, 4) is 6.08 Å². The maximum atomic E-state index is 11.2. The van der Waals surface area contributed by atoms with Gasteiger partial charge in [0, 0.05) is 0 Å². The number of esters is 1. The quantitative estimate of drug-likeness (QED) is 0.623. The van der Waals surface area contributed by atoms with Crippen LogP contribution < -0.4 is 0 Å². The van der Waals surface area contributed by atoms with Crippen LogP contribution in [0, 0.1) is 0 Å². The number of hydrogen-bond donors (Lipinski definition) is 0. The number of nitrogens with zero attached hydrogens (tertiary/aromatic N) is 1. The summed E-state index contributed by atoms with van der Waals surface area (Å²) in [5.74, 6) is -0.654. The van der Waals surface area contributed by atoms with E-state index in [2.05, 4.69) is 9.40 Å². The Morgan fingerprint density at radius 2 is 2.15 bits per heavy atom. The topological polar surface area (TPSA) is 72.2 Å². The molecule has 1 aromatic rings. The minimum absolute atomic E-state index is 0.0973. The fraction of sp³-hybridized carbons (Fsp3) is 0.500. The number of rotatable bonds is 1. The van der Waals surface area contributed by atoms with E-state index in [0.717, 1.165) is 6.26 Å². The van der Waals surface area contributed by atoms with E-state index in [0.29, 0.717) is 0 Å². The molecule has 71 valence electrons. The molecule has 0 N–H and O–H groups in total. The van der Waals surface area contributed by atoms with Crippen molar-refractivity contribution in [2.75, 3.05) is 0 Å². The first kappa shape index (κ1) is 9.57. The molecule has 0 aromatic carbocycles. The Kier molecular flexibility index (Phi) is 2.27. The molecular formula is C8H10NO4. The highest BCUT2D eigenvalue weighted by Gasteiger charge is 2.20. The summed E-state index contributed by atoms with van der Waals surface area (Å²) in [7, 11) is 0. The molecule has 1 rings (SSSR count). The Labute approximate surface area is 75.3 Å². The molecule has 0 aliphatic rings. The SMILES string of the molecule is CC(C)(C)OC(=O)c1coc([O])n1. The van der Waals surface area contributed by atoms with Crippen LogP contribution in [0.15, 0.2) is 10.7 Å². The molecule has 0 fully saturated rings. The Morgan fingerprint density at radius 3 is 2.54 bits per heavy atom. The number of oxazole rings is 1. The van der Waals surface area contributed by atoms with Crippen LogP contribution in [0.5, 0.6) is 6.08 Å². The zero-order valence-electron chi connectivity index (χ0n) is 7.66. The second kappa shape index (κ2) is 3.08. The van der Waals surface area contributed by atoms with Gasteiger partial charge in [-0.1, -0.05) is 0 Å². The van der Waals surface area contributed by atoms with Crippen molar-refractivity contribution in [2.24, 2.45) is 0 Å². The highest BCUT2D eigenvalue weighted by Crippen LogP contribution is 2.14. The minimum Gasteiger partial charge on any atom is -0.455 e. The molecule has 0 bridgehead atoms. The summed E-state index contributed by atoms with van der Waals surface area (Å²) in [5, 5.41) is 10.5. The van der Waals surface area contributed by atoms with Crippen LogP contribution in [0.25, 0.3) is 0 Å². The summed E-state index contributed by atoms with van der Waals surface area (Å²) >= 11 is 0. The average Bonchev–Trinajstić information content (AvgIpc) is 2.31. The van der Waals surface area contributed by atoms with E-state index in [9.17, 15) is 9.90 Å². The predicted octanol–water partition coefficient (Wildman–Crippen LogP) is 1.77. The van der Waals surface area contributed by atoms with Gasteiger partial charge in [0.25, 0.3) is 0 Å². The smallest absolute Gasteiger partial charge is 0.439 e. The van der Waals surface area contributed by atoms with Gasteiger partial charge in [-0.3, -0.25) is 0 Å². The molecule has 1 heterocycles. The first-order valence-electron chi connectivity index (χ1n) is 3.74. The van der Waals surface area contributed by atoms with Gasteiger partial charge in [-0.25, -0.2) is 9.90 Å². The van der Waals surface area contributed by atoms with Gasteiger partial charge in [0.2, 0.25) is 0 Å². The normalized spacial score (nSPS) is 11.3. The monoisotopic (exact) mass is 184 g/mol. The summed E-state index contributed by atoms with van der Waals surface area (Å²) in [6, 6.07) is 0. The molecule has 1 radical (unpaired) electrons. The van der Waals surface area contributed by atoms with Crippen LogP contribution in [0.3, 0.4) is 0 Å². The number of aromatic nitrogens is 1. The molecule has 5 nitrogen and oxygen atoms in total. The molecule has 0 atom stereocenters. The van der Waals surface area contributed by atoms with Gasteiger partial charge in [0.1, 0.15) is 11.9 Å². The molecule has 0 amide bonds. The van der Waals surface area contributed by atoms with Gasteiger partial charge in [0.05, 0.1) is 0 Å². The Balaban J connectivity index is 2.70. The average molecular weight is 184 g/mol. The largest absolute Gasteiger partial charge is 0.455 e. The third-order valence-electron chi connectivity index (χ3n) is 1.09. The van der Waals surface area contributed by atoms with Crippen LogP contribution in [-0.2, 0) is 9.84 Å². The van der Waals surface area contributed by atoms with Crippen LogP contribution in [0.1, 0.15) is 31.3 Å². The van der Waals surface area contributed by atoms with E-state index in [1.807, 2.05) is 0 Å². The van der Waals surface area contributed by atoms with Crippen LogP contribution in [-0.4, -0.2) is 16.6 Å². The molecule has 0 spiro atoms. The maximum absolute atomic E-state index is 11.2. The molecular weight excluding hydrogens is 174 g/mol. The molecule has 1 aromatic heterocycles. The van der Waals surface area contributed by atoms with Gasteiger partial charge < -0.3 is 9.15 Å². The van der Waals surface area contributed by atoms with Gasteiger partial charge in [0.15, 0.2) is 5.69 Å². The van der Waals surface area contributed by atoms with Gasteiger partial charge in [-0.2, -0.15) is 4.98 Å². The number of carbonyl (C=O) groups is 1. The van der Waals surface area contributed by atoms with Crippen molar-refractivity contribution in [3.05, 3.63) is 12.0 Å². The fourth-order valence-electron chi connectivity index (χ4n) is 0.681. The number of hydrogen-bond acceptors (Lipinski definition) is 4. The van der Waals surface area contributed by atoms with Gasteiger partial charge in [-0.05, 0) is 20.8 Å².